The van der Waals surface area contributed by atoms with Crippen LogP contribution in [-0.2, 0) is 14.3 Å². The van der Waals surface area contributed by atoms with Crippen molar-refractivity contribution in [2.24, 2.45) is 0 Å². The van der Waals surface area contributed by atoms with E-state index < -0.39 is 33.7 Å². The molecule has 0 aromatic rings. The second-order valence-electron chi connectivity index (χ2n) is 5.63. The van der Waals surface area contributed by atoms with Gasteiger partial charge in [-0.1, -0.05) is 0 Å². The molecule has 0 unspecified atom stereocenters. The van der Waals surface area contributed by atoms with Crippen LogP contribution < -0.4 is 0 Å². The first-order valence-corrected chi connectivity index (χ1v) is 5.33. The first kappa shape index (κ1) is 16.2. The number of ether oxygens (including phenoxy) is 2. The van der Waals surface area contributed by atoms with Crippen molar-refractivity contribution in [1.29, 1.82) is 0 Å². The molecule has 7 nitrogen and oxygen atoms in total. The Morgan fingerprint density at radius 3 is 1.72 bits per heavy atom. The van der Waals surface area contributed by atoms with Gasteiger partial charge in [-0.05, 0) is 41.5 Å². The molecule has 0 bridgehead atoms. The lowest BCUT2D eigenvalue weighted by molar-refractivity contribution is -0.428. The van der Waals surface area contributed by atoms with E-state index in [4.69, 9.17) is 9.47 Å². The number of nitrogens with zero attached hydrogens (tertiary/aromatic N) is 1. The van der Waals surface area contributed by atoms with E-state index in [0.29, 0.717) is 0 Å². The minimum Gasteiger partial charge on any atom is -0.476 e. The van der Waals surface area contributed by atoms with Gasteiger partial charge in [-0.25, -0.2) is 4.79 Å². The Morgan fingerprint density at radius 1 is 1.06 bits per heavy atom. The van der Waals surface area contributed by atoms with Gasteiger partial charge in [-0.3, -0.25) is 10.1 Å². The lowest BCUT2D eigenvalue weighted by atomic mass is 10.2. The van der Waals surface area contributed by atoms with Crippen LogP contribution in [0.25, 0.3) is 0 Å². The summed E-state index contributed by atoms with van der Waals surface area (Å²) in [6, 6.07) is 0. The van der Waals surface area contributed by atoms with Crippen molar-refractivity contribution in [2.75, 3.05) is 0 Å². The molecule has 0 rings (SSSR count). The first-order chi connectivity index (χ1) is 7.83. The molecule has 0 atom stereocenters. The fraction of sp³-hybridized carbons (Fsp3) is 0.727. The fourth-order valence-electron chi connectivity index (χ4n) is 0.905. The molecule has 104 valence electrons. The van der Waals surface area contributed by atoms with Crippen molar-refractivity contribution in [3.63, 3.8) is 0 Å². The van der Waals surface area contributed by atoms with E-state index in [1.165, 1.54) is 0 Å². The molecule has 0 aliphatic heterocycles. The van der Waals surface area contributed by atoms with E-state index in [1.54, 1.807) is 41.5 Å². The van der Waals surface area contributed by atoms with Crippen LogP contribution in [0.2, 0.25) is 0 Å². The predicted octanol–water partition coefficient (Wildman–Crippen LogP) is 2.15. The highest BCUT2D eigenvalue weighted by atomic mass is 16.7. The first-order valence-electron chi connectivity index (χ1n) is 5.33. The second-order valence-corrected chi connectivity index (χ2v) is 5.63. The molecule has 18 heavy (non-hydrogen) atoms. The molecule has 0 saturated carbocycles. The molecule has 0 heterocycles. The molecule has 0 spiro atoms. The average molecular weight is 261 g/mol. The zero-order valence-corrected chi connectivity index (χ0v) is 11.4. The van der Waals surface area contributed by atoms with Crippen LogP contribution in [0.1, 0.15) is 41.5 Å². The molecule has 7 heteroatoms. The third-order valence-electron chi connectivity index (χ3n) is 1.38. The van der Waals surface area contributed by atoms with Gasteiger partial charge in [0.2, 0.25) is 0 Å². The molecule has 0 aromatic heterocycles. The minimum absolute atomic E-state index is 0.868. The van der Waals surface area contributed by atoms with Crippen LogP contribution in [0.5, 0.6) is 0 Å². The summed E-state index contributed by atoms with van der Waals surface area (Å²) in [7, 11) is 0. The molecule has 1 N–H and O–H groups in total. The fourth-order valence-corrected chi connectivity index (χ4v) is 0.905. The Bertz CT molecular complexity index is 372. The number of nitro groups is 1. The zero-order valence-electron chi connectivity index (χ0n) is 11.4. The zero-order chi connectivity index (χ0) is 14.7. The monoisotopic (exact) mass is 261 g/mol. The standard InChI is InChI=1S/C11H19NO6/c1-10(2,3)17-8(13)7(12(15)16)9(14)18-11(4,5)6/h13H,1-6H3/b8-7-. The number of esters is 1. The molecule has 0 fully saturated rings. The molecule has 0 aliphatic carbocycles. The van der Waals surface area contributed by atoms with Gasteiger partial charge in [0, 0.05) is 0 Å². The topological polar surface area (TPSA) is 98.9 Å². The quantitative estimate of drug-likeness (QED) is 0.275. The van der Waals surface area contributed by atoms with E-state index in [-0.39, 0.29) is 0 Å². The molecule has 0 radical (unpaired) electrons. The molecule has 0 saturated heterocycles. The number of aliphatic hydroxyl groups excluding tert-OH is 1. The number of rotatable bonds is 3. The van der Waals surface area contributed by atoms with Crippen molar-refractivity contribution < 1.29 is 24.3 Å². The van der Waals surface area contributed by atoms with Gasteiger partial charge >= 0.3 is 17.6 Å². The summed E-state index contributed by atoms with van der Waals surface area (Å²) in [6.45, 7) is 9.42. The number of hydrogen-bond donors (Lipinski definition) is 1. The van der Waals surface area contributed by atoms with Gasteiger partial charge in [0.05, 0.1) is 4.92 Å². The summed E-state index contributed by atoms with van der Waals surface area (Å²) in [5, 5.41) is 20.3. The van der Waals surface area contributed by atoms with Crippen LogP contribution >= 0.6 is 0 Å². The summed E-state index contributed by atoms with van der Waals surface area (Å²) < 4.78 is 9.71. The van der Waals surface area contributed by atoms with Gasteiger partial charge in [0.15, 0.2) is 0 Å². The molecular weight excluding hydrogens is 242 g/mol. The minimum atomic E-state index is -1.24. The van der Waals surface area contributed by atoms with Crippen LogP contribution in [0.3, 0.4) is 0 Å². The maximum Gasteiger partial charge on any atom is 0.432 e. The number of aliphatic hydroxyl groups is 1. The molecule has 0 amide bonds. The van der Waals surface area contributed by atoms with Crippen molar-refractivity contribution in [1.82, 2.24) is 0 Å². The molecule has 0 aromatic carbocycles. The average Bonchev–Trinajstić information content (AvgIpc) is 1.93. The Balaban J connectivity index is 5.26. The van der Waals surface area contributed by atoms with Crippen molar-refractivity contribution in [3.8, 4) is 0 Å². The third-order valence-corrected chi connectivity index (χ3v) is 1.38. The van der Waals surface area contributed by atoms with E-state index >= 15 is 0 Å². The van der Waals surface area contributed by atoms with Gasteiger partial charge in [-0.15, -0.1) is 0 Å². The molecule has 0 aliphatic rings. The van der Waals surface area contributed by atoms with Crippen molar-refractivity contribution in [2.45, 2.75) is 52.7 Å². The van der Waals surface area contributed by atoms with Crippen LogP contribution in [0.4, 0.5) is 0 Å². The number of hydrogen-bond acceptors (Lipinski definition) is 6. The van der Waals surface area contributed by atoms with Crippen molar-refractivity contribution >= 4 is 5.97 Å². The Kier molecular flexibility index (Phi) is 4.72. The van der Waals surface area contributed by atoms with Gasteiger partial charge in [-0.2, -0.15) is 0 Å². The SMILES string of the molecule is CC(C)(C)OC(=O)/C(=C(\O)OC(C)(C)C)[N+](=O)[O-]. The lowest BCUT2D eigenvalue weighted by Gasteiger charge is -2.21. The van der Waals surface area contributed by atoms with E-state index in [0.717, 1.165) is 0 Å². The van der Waals surface area contributed by atoms with E-state index in [1.807, 2.05) is 0 Å². The predicted molar refractivity (Wildman–Crippen MR) is 63.3 cm³/mol. The normalized spacial score (nSPS) is 13.7. The summed E-state index contributed by atoms with van der Waals surface area (Å²) in [6.07, 6.45) is 0. The Labute approximate surface area is 106 Å². The second kappa shape index (κ2) is 5.24. The van der Waals surface area contributed by atoms with Crippen LogP contribution in [0.15, 0.2) is 11.6 Å². The largest absolute Gasteiger partial charge is 0.476 e. The van der Waals surface area contributed by atoms with Gasteiger partial charge in [0.1, 0.15) is 11.2 Å². The number of carbonyl (C=O) groups is 1. The number of carbonyl (C=O) groups excluding carboxylic acids is 1. The van der Waals surface area contributed by atoms with Gasteiger partial charge < -0.3 is 14.6 Å². The maximum atomic E-state index is 11.6. The smallest absolute Gasteiger partial charge is 0.432 e. The Morgan fingerprint density at radius 2 is 1.44 bits per heavy atom. The maximum absolute atomic E-state index is 11.6. The van der Waals surface area contributed by atoms with E-state index in [2.05, 4.69) is 0 Å². The summed E-state index contributed by atoms with van der Waals surface area (Å²) in [4.78, 5) is 21.3. The van der Waals surface area contributed by atoms with E-state index in [9.17, 15) is 20.0 Å². The molecular formula is C11H19NO6. The summed E-state index contributed by atoms with van der Waals surface area (Å²) in [5.41, 5.74) is -2.88. The highest BCUT2D eigenvalue weighted by molar-refractivity contribution is 5.86. The van der Waals surface area contributed by atoms with Crippen molar-refractivity contribution in [3.05, 3.63) is 21.8 Å². The van der Waals surface area contributed by atoms with Crippen LogP contribution in [-0.4, -0.2) is 27.2 Å². The summed E-state index contributed by atoms with van der Waals surface area (Å²) in [5.74, 6) is -2.30. The summed E-state index contributed by atoms with van der Waals surface area (Å²) >= 11 is 0. The highest BCUT2D eigenvalue weighted by Gasteiger charge is 2.36. The van der Waals surface area contributed by atoms with Gasteiger partial charge in [0.25, 0.3) is 0 Å². The lowest BCUT2D eigenvalue weighted by Crippen LogP contribution is -2.29. The highest BCUT2D eigenvalue weighted by Crippen LogP contribution is 2.18. The third kappa shape index (κ3) is 6.07. The Hall–Kier alpha value is -1.79. The van der Waals surface area contributed by atoms with Crippen LogP contribution in [0, 0.1) is 10.1 Å².